The van der Waals surface area contributed by atoms with Crippen LogP contribution in [0.5, 0.6) is 0 Å². The van der Waals surface area contributed by atoms with Gasteiger partial charge in [-0.05, 0) is 37.6 Å². The normalized spacial score (nSPS) is 12.0. The zero-order valence-electron chi connectivity index (χ0n) is 12.9. The molecule has 0 aromatic heterocycles. The molecule has 0 aliphatic rings. The third-order valence-electron chi connectivity index (χ3n) is 3.27. The first-order valence-corrected chi connectivity index (χ1v) is 9.10. The number of fused-ring (bicyclic) bond motifs is 1. The van der Waals surface area contributed by atoms with Crippen molar-refractivity contribution < 1.29 is 13.3 Å². The molecular weight excluding hydrogens is 282 g/mol. The molecule has 114 valence electrons. The van der Waals surface area contributed by atoms with Gasteiger partial charge in [0.25, 0.3) is 0 Å². The standard InChI is InChI=1S/C16H23NO3Si/c1-4-18-21(19-5-2,20-6-3)16-14-10-8-7-9-13(14)11-12-15(16)17/h7-12H,4-6,17H2,1-3H3. The Morgan fingerprint density at radius 3 is 2.00 bits per heavy atom. The molecule has 0 bridgehead atoms. The zero-order chi connectivity index (χ0) is 15.3. The van der Waals surface area contributed by atoms with Crippen molar-refractivity contribution in [3.05, 3.63) is 36.4 Å². The molecule has 4 nitrogen and oxygen atoms in total. The summed E-state index contributed by atoms with van der Waals surface area (Å²) in [5.74, 6) is 0. The molecule has 0 amide bonds. The fourth-order valence-electron chi connectivity index (χ4n) is 2.54. The quantitative estimate of drug-likeness (QED) is 0.631. The number of hydrogen-bond donors (Lipinski definition) is 1. The van der Waals surface area contributed by atoms with E-state index in [0.717, 1.165) is 16.0 Å². The van der Waals surface area contributed by atoms with Crippen LogP contribution in [0.1, 0.15) is 20.8 Å². The maximum atomic E-state index is 6.26. The maximum Gasteiger partial charge on any atom is 0.539 e. The first kappa shape index (κ1) is 16.0. The van der Waals surface area contributed by atoms with Gasteiger partial charge in [0.15, 0.2) is 0 Å². The van der Waals surface area contributed by atoms with Crippen LogP contribution in [0.15, 0.2) is 36.4 Å². The van der Waals surface area contributed by atoms with Crippen molar-refractivity contribution in [2.45, 2.75) is 20.8 Å². The molecular formula is C16H23NO3Si. The summed E-state index contributed by atoms with van der Waals surface area (Å²) in [4.78, 5) is 0. The largest absolute Gasteiger partial charge is 0.539 e. The van der Waals surface area contributed by atoms with E-state index in [2.05, 4.69) is 6.07 Å². The molecule has 21 heavy (non-hydrogen) atoms. The number of benzene rings is 2. The lowest BCUT2D eigenvalue weighted by atomic mass is 10.1. The fourth-order valence-corrected chi connectivity index (χ4v) is 5.36. The second-order valence-corrected chi connectivity index (χ2v) is 7.08. The van der Waals surface area contributed by atoms with Crippen molar-refractivity contribution in [3.8, 4) is 0 Å². The minimum atomic E-state index is -3.01. The van der Waals surface area contributed by atoms with Gasteiger partial charge in [-0.3, -0.25) is 0 Å². The molecule has 2 N–H and O–H groups in total. The van der Waals surface area contributed by atoms with Gasteiger partial charge in [0.1, 0.15) is 0 Å². The predicted octanol–water partition coefficient (Wildman–Crippen LogP) is 2.68. The summed E-state index contributed by atoms with van der Waals surface area (Å²) in [6.07, 6.45) is 0. The molecule has 0 radical (unpaired) electrons. The Morgan fingerprint density at radius 1 is 0.857 bits per heavy atom. The minimum Gasteiger partial charge on any atom is -0.399 e. The molecule has 0 atom stereocenters. The fraction of sp³-hybridized carbons (Fsp3) is 0.375. The van der Waals surface area contributed by atoms with Gasteiger partial charge in [0.05, 0.1) is 5.19 Å². The molecule has 0 unspecified atom stereocenters. The number of hydrogen-bond acceptors (Lipinski definition) is 4. The van der Waals surface area contributed by atoms with Gasteiger partial charge in [-0.1, -0.05) is 30.3 Å². The predicted molar refractivity (Wildman–Crippen MR) is 88.6 cm³/mol. The Kier molecular flexibility index (Phi) is 5.36. The molecule has 2 aromatic carbocycles. The molecule has 0 aliphatic carbocycles. The van der Waals surface area contributed by atoms with Crippen LogP contribution >= 0.6 is 0 Å². The van der Waals surface area contributed by atoms with Crippen LogP contribution in [0, 0.1) is 0 Å². The SMILES string of the molecule is CCO[Si](OCC)(OCC)c1c(N)ccc2ccccc12. The number of nitrogen functional groups attached to an aromatic ring is 1. The molecule has 0 spiro atoms. The molecule has 2 aromatic rings. The molecule has 5 heteroatoms. The van der Waals surface area contributed by atoms with Crippen LogP contribution in [0.2, 0.25) is 0 Å². The van der Waals surface area contributed by atoms with Crippen molar-refractivity contribution >= 4 is 30.5 Å². The highest BCUT2D eigenvalue weighted by Gasteiger charge is 2.46. The third kappa shape index (κ3) is 3.11. The Hall–Kier alpha value is -1.40. The molecule has 0 heterocycles. The summed E-state index contributed by atoms with van der Waals surface area (Å²) < 4.78 is 18.0. The minimum absolute atomic E-state index is 0.523. The maximum absolute atomic E-state index is 6.26. The Morgan fingerprint density at radius 2 is 1.43 bits per heavy atom. The zero-order valence-corrected chi connectivity index (χ0v) is 13.9. The topological polar surface area (TPSA) is 53.7 Å². The molecule has 0 fully saturated rings. The van der Waals surface area contributed by atoms with E-state index in [0.29, 0.717) is 25.5 Å². The Bertz CT molecular complexity index is 586. The highest BCUT2D eigenvalue weighted by atomic mass is 28.4. The van der Waals surface area contributed by atoms with Gasteiger partial charge >= 0.3 is 8.80 Å². The summed E-state index contributed by atoms with van der Waals surface area (Å²) in [5.41, 5.74) is 6.92. The van der Waals surface area contributed by atoms with E-state index >= 15 is 0 Å². The van der Waals surface area contributed by atoms with Gasteiger partial charge in [0, 0.05) is 25.5 Å². The second-order valence-electron chi connectivity index (χ2n) is 4.61. The number of rotatable bonds is 7. The molecule has 0 saturated carbocycles. The van der Waals surface area contributed by atoms with E-state index in [1.165, 1.54) is 0 Å². The Balaban J connectivity index is 2.70. The lowest BCUT2D eigenvalue weighted by molar-refractivity contribution is 0.0863. The van der Waals surface area contributed by atoms with Crippen LogP contribution in [0.4, 0.5) is 5.69 Å². The van der Waals surface area contributed by atoms with E-state index in [1.807, 2.05) is 51.1 Å². The highest BCUT2D eigenvalue weighted by Crippen LogP contribution is 2.22. The van der Waals surface area contributed by atoms with E-state index < -0.39 is 8.80 Å². The first-order valence-electron chi connectivity index (χ1n) is 7.38. The third-order valence-corrected chi connectivity index (χ3v) is 6.45. The lowest BCUT2D eigenvalue weighted by Crippen LogP contribution is -2.58. The van der Waals surface area contributed by atoms with Crippen molar-refractivity contribution in [1.29, 1.82) is 0 Å². The molecule has 0 aliphatic heterocycles. The van der Waals surface area contributed by atoms with Crippen LogP contribution in [0.3, 0.4) is 0 Å². The van der Waals surface area contributed by atoms with Crippen LogP contribution < -0.4 is 10.9 Å². The van der Waals surface area contributed by atoms with Crippen LogP contribution in [-0.4, -0.2) is 28.6 Å². The van der Waals surface area contributed by atoms with Crippen molar-refractivity contribution in [2.75, 3.05) is 25.6 Å². The summed E-state index contributed by atoms with van der Waals surface area (Å²) in [7, 11) is -3.01. The summed E-state index contributed by atoms with van der Waals surface area (Å²) >= 11 is 0. The first-order chi connectivity index (χ1) is 10.2. The summed E-state index contributed by atoms with van der Waals surface area (Å²) in [5, 5.41) is 3.03. The van der Waals surface area contributed by atoms with Crippen LogP contribution in [0.25, 0.3) is 10.8 Å². The number of nitrogens with two attached hydrogens (primary N) is 1. The van der Waals surface area contributed by atoms with Gasteiger partial charge in [-0.15, -0.1) is 0 Å². The average molecular weight is 305 g/mol. The summed E-state index contributed by atoms with van der Waals surface area (Å²) in [6.45, 7) is 7.40. The summed E-state index contributed by atoms with van der Waals surface area (Å²) in [6, 6.07) is 12.0. The van der Waals surface area contributed by atoms with E-state index in [-0.39, 0.29) is 0 Å². The smallest absolute Gasteiger partial charge is 0.399 e. The van der Waals surface area contributed by atoms with Gasteiger partial charge < -0.3 is 19.0 Å². The van der Waals surface area contributed by atoms with Gasteiger partial charge in [0.2, 0.25) is 0 Å². The van der Waals surface area contributed by atoms with Gasteiger partial charge in [-0.2, -0.15) is 0 Å². The lowest BCUT2D eigenvalue weighted by Gasteiger charge is -2.30. The second kappa shape index (κ2) is 7.04. The van der Waals surface area contributed by atoms with Crippen molar-refractivity contribution in [3.63, 3.8) is 0 Å². The van der Waals surface area contributed by atoms with Crippen molar-refractivity contribution in [1.82, 2.24) is 0 Å². The van der Waals surface area contributed by atoms with E-state index in [1.54, 1.807) is 0 Å². The average Bonchev–Trinajstić information content (AvgIpc) is 2.47. The van der Waals surface area contributed by atoms with E-state index in [4.69, 9.17) is 19.0 Å². The number of anilines is 1. The Labute approximate surface area is 127 Å². The monoisotopic (exact) mass is 305 g/mol. The molecule has 0 saturated heterocycles. The van der Waals surface area contributed by atoms with Crippen LogP contribution in [-0.2, 0) is 13.3 Å². The molecule has 2 rings (SSSR count). The van der Waals surface area contributed by atoms with Gasteiger partial charge in [-0.25, -0.2) is 0 Å². The highest BCUT2D eigenvalue weighted by molar-refractivity contribution is 6.79. The van der Waals surface area contributed by atoms with E-state index in [9.17, 15) is 0 Å². The van der Waals surface area contributed by atoms with Crippen molar-refractivity contribution in [2.24, 2.45) is 0 Å².